The average Bonchev–Trinajstić information content (AvgIpc) is 2.54. The number of ether oxygens (including phenoxy) is 1. The SMILES string of the molecule is CNc1nc(-c2ccc(OC)cc2)nc2cccc(C)c12. The van der Waals surface area contributed by atoms with Gasteiger partial charge in [0.25, 0.3) is 0 Å². The molecule has 1 N–H and O–H groups in total. The number of hydrogen-bond acceptors (Lipinski definition) is 4. The highest BCUT2D eigenvalue weighted by atomic mass is 16.5. The first-order chi connectivity index (χ1) is 10.2. The van der Waals surface area contributed by atoms with Gasteiger partial charge < -0.3 is 10.1 Å². The Morgan fingerprint density at radius 3 is 2.43 bits per heavy atom. The molecule has 3 rings (SSSR count). The Morgan fingerprint density at radius 1 is 1.00 bits per heavy atom. The number of methoxy groups -OCH3 is 1. The lowest BCUT2D eigenvalue weighted by molar-refractivity contribution is 0.415. The molecule has 0 fully saturated rings. The van der Waals surface area contributed by atoms with Crippen molar-refractivity contribution >= 4 is 16.7 Å². The van der Waals surface area contributed by atoms with Crippen LogP contribution in [0.5, 0.6) is 5.75 Å². The summed E-state index contributed by atoms with van der Waals surface area (Å²) in [5, 5.41) is 4.23. The summed E-state index contributed by atoms with van der Waals surface area (Å²) in [6, 6.07) is 13.9. The number of anilines is 1. The number of nitrogens with zero attached hydrogens (tertiary/aromatic N) is 2. The molecular formula is C17H17N3O. The largest absolute Gasteiger partial charge is 0.497 e. The molecule has 0 radical (unpaired) electrons. The van der Waals surface area contributed by atoms with Crippen LogP contribution >= 0.6 is 0 Å². The molecule has 1 aromatic heterocycles. The van der Waals surface area contributed by atoms with Crippen LogP contribution in [0, 0.1) is 6.92 Å². The number of rotatable bonds is 3. The third kappa shape index (κ3) is 2.40. The summed E-state index contributed by atoms with van der Waals surface area (Å²) in [4.78, 5) is 9.32. The number of aryl methyl sites for hydroxylation is 1. The predicted octanol–water partition coefficient (Wildman–Crippen LogP) is 3.66. The van der Waals surface area contributed by atoms with Crippen LogP contribution in [-0.4, -0.2) is 24.1 Å². The van der Waals surface area contributed by atoms with Gasteiger partial charge in [-0.15, -0.1) is 0 Å². The Labute approximate surface area is 123 Å². The van der Waals surface area contributed by atoms with Gasteiger partial charge in [0.2, 0.25) is 0 Å². The number of aromatic nitrogens is 2. The molecule has 0 aliphatic heterocycles. The zero-order chi connectivity index (χ0) is 14.8. The molecule has 1 heterocycles. The minimum atomic E-state index is 0.708. The monoisotopic (exact) mass is 279 g/mol. The first-order valence-electron chi connectivity index (χ1n) is 6.82. The standard InChI is InChI=1S/C17H17N3O/c1-11-5-4-6-14-15(11)17(18-2)20-16(19-14)12-7-9-13(21-3)10-8-12/h4-10H,1-3H3,(H,18,19,20). The highest BCUT2D eigenvalue weighted by Crippen LogP contribution is 2.27. The number of hydrogen-bond donors (Lipinski definition) is 1. The van der Waals surface area contributed by atoms with E-state index in [1.807, 2.05) is 43.4 Å². The topological polar surface area (TPSA) is 47.0 Å². The Hall–Kier alpha value is -2.62. The molecule has 0 aliphatic rings. The lowest BCUT2D eigenvalue weighted by Gasteiger charge is -2.10. The van der Waals surface area contributed by atoms with Crippen molar-refractivity contribution in [2.75, 3.05) is 19.5 Å². The molecule has 4 heteroatoms. The fourth-order valence-electron chi connectivity index (χ4n) is 2.40. The highest BCUT2D eigenvalue weighted by molar-refractivity contribution is 5.93. The third-order valence-electron chi connectivity index (χ3n) is 3.52. The van der Waals surface area contributed by atoms with E-state index in [-0.39, 0.29) is 0 Å². The van der Waals surface area contributed by atoms with E-state index in [2.05, 4.69) is 28.3 Å². The van der Waals surface area contributed by atoms with E-state index in [0.29, 0.717) is 5.82 Å². The second-order valence-electron chi connectivity index (χ2n) is 4.84. The quantitative estimate of drug-likeness (QED) is 0.795. The van der Waals surface area contributed by atoms with Crippen molar-refractivity contribution in [1.29, 1.82) is 0 Å². The molecule has 3 aromatic rings. The fourth-order valence-corrected chi connectivity index (χ4v) is 2.40. The van der Waals surface area contributed by atoms with Crippen LogP contribution in [0.4, 0.5) is 5.82 Å². The van der Waals surface area contributed by atoms with E-state index < -0.39 is 0 Å². The molecule has 0 atom stereocenters. The van der Waals surface area contributed by atoms with Gasteiger partial charge in [0, 0.05) is 18.0 Å². The van der Waals surface area contributed by atoms with Gasteiger partial charge in [-0.25, -0.2) is 9.97 Å². The molecule has 0 aliphatic carbocycles. The zero-order valence-corrected chi connectivity index (χ0v) is 12.3. The van der Waals surface area contributed by atoms with E-state index in [0.717, 1.165) is 33.6 Å². The van der Waals surface area contributed by atoms with Gasteiger partial charge >= 0.3 is 0 Å². The average molecular weight is 279 g/mol. The molecule has 21 heavy (non-hydrogen) atoms. The van der Waals surface area contributed by atoms with Gasteiger partial charge in [-0.05, 0) is 42.8 Å². The van der Waals surface area contributed by atoms with E-state index in [9.17, 15) is 0 Å². The zero-order valence-electron chi connectivity index (χ0n) is 12.3. The van der Waals surface area contributed by atoms with Crippen LogP contribution in [-0.2, 0) is 0 Å². The number of nitrogens with one attached hydrogen (secondary N) is 1. The number of benzene rings is 2. The van der Waals surface area contributed by atoms with Gasteiger partial charge in [0.05, 0.1) is 12.6 Å². The third-order valence-corrected chi connectivity index (χ3v) is 3.52. The molecule has 106 valence electrons. The Balaban J connectivity index is 2.19. The Morgan fingerprint density at radius 2 is 1.76 bits per heavy atom. The van der Waals surface area contributed by atoms with Crippen molar-refractivity contribution in [2.24, 2.45) is 0 Å². The summed E-state index contributed by atoms with van der Waals surface area (Å²) in [5.41, 5.74) is 3.08. The lowest BCUT2D eigenvalue weighted by Crippen LogP contribution is -2.00. The molecule has 0 spiro atoms. The summed E-state index contributed by atoms with van der Waals surface area (Å²) in [6.45, 7) is 2.07. The van der Waals surface area contributed by atoms with Crippen LogP contribution < -0.4 is 10.1 Å². The normalized spacial score (nSPS) is 10.6. The molecule has 0 unspecified atom stereocenters. The molecule has 0 saturated heterocycles. The summed E-state index contributed by atoms with van der Waals surface area (Å²) in [6.07, 6.45) is 0. The summed E-state index contributed by atoms with van der Waals surface area (Å²) in [5.74, 6) is 2.38. The van der Waals surface area contributed by atoms with Crippen LogP contribution in [0.25, 0.3) is 22.3 Å². The van der Waals surface area contributed by atoms with Crippen molar-refractivity contribution < 1.29 is 4.74 Å². The van der Waals surface area contributed by atoms with Crippen molar-refractivity contribution in [3.63, 3.8) is 0 Å². The van der Waals surface area contributed by atoms with Crippen molar-refractivity contribution in [3.05, 3.63) is 48.0 Å². The van der Waals surface area contributed by atoms with Gasteiger partial charge in [0.15, 0.2) is 5.82 Å². The van der Waals surface area contributed by atoms with Gasteiger partial charge in [-0.1, -0.05) is 12.1 Å². The van der Waals surface area contributed by atoms with Crippen LogP contribution in [0.2, 0.25) is 0 Å². The first-order valence-corrected chi connectivity index (χ1v) is 6.82. The van der Waals surface area contributed by atoms with Crippen molar-refractivity contribution in [3.8, 4) is 17.1 Å². The maximum absolute atomic E-state index is 5.18. The van der Waals surface area contributed by atoms with Crippen LogP contribution in [0.15, 0.2) is 42.5 Å². The Bertz CT molecular complexity index is 782. The number of fused-ring (bicyclic) bond motifs is 1. The molecule has 0 amide bonds. The summed E-state index contributed by atoms with van der Waals surface area (Å²) < 4.78 is 5.18. The molecule has 4 nitrogen and oxygen atoms in total. The second kappa shape index (κ2) is 5.40. The molecule has 0 bridgehead atoms. The van der Waals surface area contributed by atoms with Gasteiger partial charge in [0.1, 0.15) is 11.6 Å². The van der Waals surface area contributed by atoms with E-state index in [1.54, 1.807) is 7.11 Å². The fraction of sp³-hybridized carbons (Fsp3) is 0.176. The Kier molecular flexibility index (Phi) is 3.44. The van der Waals surface area contributed by atoms with E-state index >= 15 is 0 Å². The molecule has 0 saturated carbocycles. The maximum Gasteiger partial charge on any atom is 0.162 e. The smallest absolute Gasteiger partial charge is 0.162 e. The van der Waals surface area contributed by atoms with Crippen LogP contribution in [0.3, 0.4) is 0 Å². The summed E-state index contributed by atoms with van der Waals surface area (Å²) >= 11 is 0. The van der Waals surface area contributed by atoms with Crippen molar-refractivity contribution in [2.45, 2.75) is 6.92 Å². The maximum atomic E-state index is 5.18. The lowest BCUT2D eigenvalue weighted by atomic mass is 10.1. The van der Waals surface area contributed by atoms with Crippen molar-refractivity contribution in [1.82, 2.24) is 9.97 Å². The first kappa shape index (κ1) is 13.4. The summed E-state index contributed by atoms with van der Waals surface area (Å²) in [7, 11) is 3.54. The molecule has 2 aromatic carbocycles. The van der Waals surface area contributed by atoms with Gasteiger partial charge in [-0.2, -0.15) is 0 Å². The minimum Gasteiger partial charge on any atom is -0.497 e. The van der Waals surface area contributed by atoms with Crippen LogP contribution in [0.1, 0.15) is 5.56 Å². The second-order valence-corrected chi connectivity index (χ2v) is 4.84. The van der Waals surface area contributed by atoms with E-state index in [1.165, 1.54) is 0 Å². The predicted molar refractivity (Wildman–Crippen MR) is 85.8 cm³/mol. The highest BCUT2D eigenvalue weighted by Gasteiger charge is 2.10. The van der Waals surface area contributed by atoms with Gasteiger partial charge in [-0.3, -0.25) is 0 Å². The van der Waals surface area contributed by atoms with E-state index in [4.69, 9.17) is 4.74 Å². The molecular weight excluding hydrogens is 262 g/mol. The minimum absolute atomic E-state index is 0.708.